The molecule has 2 aliphatic rings. The second-order valence-corrected chi connectivity index (χ2v) is 4.96. The average molecular weight is 226 g/mol. The Morgan fingerprint density at radius 1 is 1.38 bits per heavy atom. The summed E-state index contributed by atoms with van der Waals surface area (Å²) >= 11 is 0. The molecular formula is C12H22N2O2. The van der Waals surface area contributed by atoms with Gasteiger partial charge in [0.25, 0.3) is 5.91 Å². The van der Waals surface area contributed by atoms with E-state index in [9.17, 15) is 4.79 Å². The summed E-state index contributed by atoms with van der Waals surface area (Å²) in [6.45, 7) is 3.57. The highest BCUT2D eigenvalue weighted by molar-refractivity contribution is 5.81. The Bertz CT molecular complexity index is 249. The van der Waals surface area contributed by atoms with E-state index >= 15 is 0 Å². The Morgan fingerprint density at radius 2 is 2.19 bits per heavy atom. The normalized spacial score (nSPS) is 32.8. The van der Waals surface area contributed by atoms with Gasteiger partial charge in [-0.3, -0.25) is 4.79 Å². The maximum Gasteiger partial charge on any atom is 0.252 e. The van der Waals surface area contributed by atoms with E-state index < -0.39 is 0 Å². The number of hydrogen-bond donors (Lipinski definition) is 1. The van der Waals surface area contributed by atoms with Crippen molar-refractivity contribution < 1.29 is 9.53 Å². The third kappa shape index (κ3) is 2.38. The van der Waals surface area contributed by atoms with Gasteiger partial charge in [-0.25, -0.2) is 0 Å². The zero-order valence-electron chi connectivity index (χ0n) is 10.0. The molecule has 3 atom stereocenters. The third-order valence-corrected chi connectivity index (χ3v) is 3.64. The Balaban J connectivity index is 2.01. The molecule has 0 saturated carbocycles. The van der Waals surface area contributed by atoms with E-state index in [1.54, 1.807) is 0 Å². The number of nitrogens with zero attached hydrogens (tertiary/aromatic N) is 1. The summed E-state index contributed by atoms with van der Waals surface area (Å²) in [7, 11) is 0. The zero-order chi connectivity index (χ0) is 11.5. The summed E-state index contributed by atoms with van der Waals surface area (Å²) in [5.41, 5.74) is 5.96. The third-order valence-electron chi connectivity index (χ3n) is 3.64. The lowest BCUT2D eigenvalue weighted by atomic mass is 9.96. The van der Waals surface area contributed by atoms with Crippen molar-refractivity contribution in [3.05, 3.63) is 0 Å². The van der Waals surface area contributed by atoms with E-state index in [0.29, 0.717) is 0 Å². The number of amides is 1. The maximum absolute atomic E-state index is 12.3. The second-order valence-electron chi connectivity index (χ2n) is 4.96. The summed E-state index contributed by atoms with van der Waals surface area (Å²) in [6.07, 6.45) is 5.01. The number of rotatable bonds is 2. The minimum Gasteiger partial charge on any atom is -0.368 e. The molecule has 2 fully saturated rings. The van der Waals surface area contributed by atoms with Crippen LogP contribution in [-0.2, 0) is 9.53 Å². The molecule has 0 aromatic carbocycles. The van der Waals surface area contributed by atoms with Gasteiger partial charge in [0, 0.05) is 25.2 Å². The summed E-state index contributed by atoms with van der Waals surface area (Å²) in [5.74, 6) is 0.166. The van der Waals surface area contributed by atoms with Crippen LogP contribution >= 0.6 is 0 Å². The number of hydrogen-bond acceptors (Lipinski definition) is 3. The van der Waals surface area contributed by atoms with Gasteiger partial charge in [0.2, 0.25) is 0 Å². The lowest BCUT2D eigenvalue weighted by Crippen LogP contribution is -2.54. The van der Waals surface area contributed by atoms with Crippen LogP contribution in [0.3, 0.4) is 0 Å². The van der Waals surface area contributed by atoms with Crippen molar-refractivity contribution in [1.29, 1.82) is 0 Å². The Labute approximate surface area is 97.1 Å². The highest BCUT2D eigenvalue weighted by Gasteiger charge is 2.34. The molecule has 0 aliphatic carbocycles. The van der Waals surface area contributed by atoms with Gasteiger partial charge in [0.1, 0.15) is 6.10 Å². The van der Waals surface area contributed by atoms with Crippen LogP contribution in [0.25, 0.3) is 0 Å². The maximum atomic E-state index is 12.3. The van der Waals surface area contributed by atoms with Crippen molar-refractivity contribution >= 4 is 5.91 Å². The van der Waals surface area contributed by atoms with Gasteiger partial charge in [-0.05, 0) is 39.0 Å². The molecule has 2 N–H and O–H groups in total. The van der Waals surface area contributed by atoms with Crippen molar-refractivity contribution in [2.75, 3.05) is 13.2 Å². The molecule has 1 amide bonds. The molecule has 2 heterocycles. The second kappa shape index (κ2) is 5.15. The Morgan fingerprint density at radius 3 is 2.81 bits per heavy atom. The van der Waals surface area contributed by atoms with Gasteiger partial charge in [-0.1, -0.05) is 0 Å². The van der Waals surface area contributed by atoms with Crippen LogP contribution in [0.2, 0.25) is 0 Å². The predicted molar refractivity (Wildman–Crippen MR) is 62.0 cm³/mol. The highest BCUT2D eigenvalue weighted by Crippen LogP contribution is 2.23. The molecule has 92 valence electrons. The quantitative estimate of drug-likeness (QED) is 0.761. The minimum atomic E-state index is -0.195. The van der Waals surface area contributed by atoms with Crippen molar-refractivity contribution in [3.63, 3.8) is 0 Å². The molecule has 2 unspecified atom stereocenters. The molecule has 2 aliphatic heterocycles. The summed E-state index contributed by atoms with van der Waals surface area (Å²) in [5, 5.41) is 0. The van der Waals surface area contributed by atoms with Crippen LogP contribution in [-0.4, -0.2) is 42.1 Å². The fourth-order valence-corrected chi connectivity index (χ4v) is 2.74. The largest absolute Gasteiger partial charge is 0.368 e. The monoisotopic (exact) mass is 226 g/mol. The fraction of sp³-hybridized carbons (Fsp3) is 0.917. The lowest BCUT2D eigenvalue weighted by Gasteiger charge is -2.39. The fourth-order valence-electron chi connectivity index (χ4n) is 2.74. The average Bonchev–Trinajstić information content (AvgIpc) is 2.81. The smallest absolute Gasteiger partial charge is 0.252 e. The SMILES string of the molecule is CC(N)C1CCCCN1C(=O)[C@@H]1CCCO1. The van der Waals surface area contributed by atoms with E-state index in [2.05, 4.69) is 0 Å². The molecule has 16 heavy (non-hydrogen) atoms. The van der Waals surface area contributed by atoms with Crippen molar-refractivity contribution in [2.24, 2.45) is 5.73 Å². The number of nitrogens with two attached hydrogens (primary N) is 1. The molecule has 2 saturated heterocycles. The summed E-state index contributed by atoms with van der Waals surface area (Å²) < 4.78 is 5.46. The van der Waals surface area contributed by atoms with Crippen LogP contribution < -0.4 is 5.73 Å². The predicted octanol–water partition coefficient (Wildman–Crippen LogP) is 0.894. The van der Waals surface area contributed by atoms with Crippen LogP contribution in [0, 0.1) is 0 Å². The minimum absolute atomic E-state index is 0.0608. The Kier molecular flexibility index (Phi) is 3.82. The molecule has 0 radical (unpaired) electrons. The topological polar surface area (TPSA) is 55.6 Å². The van der Waals surface area contributed by atoms with Gasteiger partial charge in [0.05, 0.1) is 0 Å². The first-order valence-electron chi connectivity index (χ1n) is 6.38. The van der Waals surface area contributed by atoms with Crippen LogP contribution in [0.15, 0.2) is 0 Å². The first-order chi connectivity index (χ1) is 7.70. The van der Waals surface area contributed by atoms with Crippen molar-refractivity contribution in [3.8, 4) is 0 Å². The van der Waals surface area contributed by atoms with E-state index in [-0.39, 0.29) is 24.1 Å². The van der Waals surface area contributed by atoms with Gasteiger partial charge in [-0.15, -0.1) is 0 Å². The van der Waals surface area contributed by atoms with Gasteiger partial charge < -0.3 is 15.4 Å². The van der Waals surface area contributed by atoms with Crippen LogP contribution in [0.5, 0.6) is 0 Å². The number of carbonyl (C=O) groups is 1. The zero-order valence-corrected chi connectivity index (χ0v) is 10.0. The molecule has 4 nitrogen and oxygen atoms in total. The molecular weight excluding hydrogens is 204 g/mol. The Hall–Kier alpha value is -0.610. The first kappa shape index (κ1) is 11.9. The lowest BCUT2D eigenvalue weighted by molar-refractivity contribution is -0.145. The molecule has 2 rings (SSSR count). The van der Waals surface area contributed by atoms with Crippen molar-refractivity contribution in [2.45, 2.75) is 57.2 Å². The van der Waals surface area contributed by atoms with Crippen LogP contribution in [0.1, 0.15) is 39.0 Å². The van der Waals surface area contributed by atoms with Crippen molar-refractivity contribution in [1.82, 2.24) is 4.90 Å². The molecule has 0 aromatic heterocycles. The number of carbonyl (C=O) groups excluding carboxylic acids is 1. The highest BCUT2D eigenvalue weighted by atomic mass is 16.5. The summed E-state index contributed by atoms with van der Waals surface area (Å²) in [4.78, 5) is 14.2. The van der Waals surface area contributed by atoms with E-state index in [4.69, 9.17) is 10.5 Å². The number of ether oxygens (including phenoxy) is 1. The molecule has 0 spiro atoms. The standard InChI is InChI=1S/C12H22N2O2/c1-9(13)10-5-2-3-7-14(10)12(15)11-6-4-8-16-11/h9-11H,2-8,13H2,1H3/t9?,10?,11-/m0/s1. The van der Waals surface area contributed by atoms with Gasteiger partial charge >= 0.3 is 0 Å². The first-order valence-corrected chi connectivity index (χ1v) is 6.38. The summed E-state index contributed by atoms with van der Waals surface area (Å²) in [6, 6.07) is 0.274. The number of likely N-dealkylation sites (tertiary alicyclic amines) is 1. The molecule has 0 aromatic rings. The molecule has 4 heteroatoms. The number of piperidine rings is 1. The van der Waals surface area contributed by atoms with E-state index in [1.165, 1.54) is 6.42 Å². The van der Waals surface area contributed by atoms with Crippen LogP contribution in [0.4, 0.5) is 0 Å². The van der Waals surface area contributed by atoms with E-state index in [1.807, 2.05) is 11.8 Å². The van der Waals surface area contributed by atoms with Gasteiger partial charge in [-0.2, -0.15) is 0 Å². The molecule has 0 bridgehead atoms. The van der Waals surface area contributed by atoms with E-state index in [0.717, 1.165) is 38.8 Å². The van der Waals surface area contributed by atoms with Gasteiger partial charge in [0.15, 0.2) is 0 Å².